The second kappa shape index (κ2) is 6.10. The quantitative estimate of drug-likeness (QED) is 0.514. The third kappa shape index (κ3) is 3.01. The molecule has 0 aliphatic carbocycles. The lowest BCUT2D eigenvalue weighted by atomic mass is 10.2. The van der Waals surface area contributed by atoms with Gasteiger partial charge in [0.25, 0.3) is 0 Å². The van der Waals surface area contributed by atoms with Crippen LogP contribution in [0.2, 0.25) is 5.02 Å². The molecule has 0 saturated heterocycles. The van der Waals surface area contributed by atoms with Crippen molar-refractivity contribution in [3.63, 3.8) is 0 Å². The van der Waals surface area contributed by atoms with Crippen LogP contribution < -0.4 is 0 Å². The number of fused-ring (bicyclic) bond motifs is 1. The van der Waals surface area contributed by atoms with Crippen LogP contribution in [0.25, 0.3) is 33.8 Å². The normalized spacial score (nSPS) is 11.8. The van der Waals surface area contributed by atoms with Gasteiger partial charge < -0.3 is 4.98 Å². The standard InChI is InChI=1S/C18H10ClF3N4/c19-12-2-1-7-23-16(12)10-3-5-14(24-9-10)17-25-13-6-4-11(18(20,21)22)8-15(13)26-17/h1-9H,(H,25,26). The molecule has 4 aromatic rings. The fourth-order valence-corrected chi connectivity index (χ4v) is 2.81. The van der Waals surface area contributed by atoms with Crippen LogP contribution in [0.4, 0.5) is 13.2 Å². The molecule has 3 aromatic heterocycles. The number of pyridine rings is 2. The van der Waals surface area contributed by atoms with Gasteiger partial charge in [0.05, 0.1) is 27.3 Å². The molecule has 26 heavy (non-hydrogen) atoms. The monoisotopic (exact) mass is 374 g/mol. The van der Waals surface area contributed by atoms with E-state index in [0.29, 0.717) is 33.3 Å². The summed E-state index contributed by atoms with van der Waals surface area (Å²) in [6.45, 7) is 0. The van der Waals surface area contributed by atoms with Crippen molar-refractivity contribution in [1.29, 1.82) is 0 Å². The summed E-state index contributed by atoms with van der Waals surface area (Å²) in [7, 11) is 0. The van der Waals surface area contributed by atoms with Gasteiger partial charge in [0, 0.05) is 18.0 Å². The van der Waals surface area contributed by atoms with Gasteiger partial charge in [-0.25, -0.2) is 4.98 Å². The Morgan fingerprint density at radius 2 is 1.85 bits per heavy atom. The van der Waals surface area contributed by atoms with Crippen LogP contribution in [0.5, 0.6) is 0 Å². The maximum Gasteiger partial charge on any atom is 0.416 e. The lowest BCUT2D eigenvalue weighted by Crippen LogP contribution is -2.04. The van der Waals surface area contributed by atoms with Crippen molar-refractivity contribution in [2.75, 3.05) is 0 Å². The third-order valence-corrected chi connectivity index (χ3v) is 4.15. The van der Waals surface area contributed by atoms with E-state index < -0.39 is 11.7 Å². The van der Waals surface area contributed by atoms with Crippen LogP contribution in [0.1, 0.15) is 5.56 Å². The van der Waals surface area contributed by atoms with E-state index in [4.69, 9.17) is 11.6 Å². The number of imidazole rings is 1. The van der Waals surface area contributed by atoms with E-state index in [1.165, 1.54) is 6.07 Å². The van der Waals surface area contributed by atoms with E-state index in [2.05, 4.69) is 19.9 Å². The molecule has 0 bridgehead atoms. The predicted molar refractivity (Wildman–Crippen MR) is 92.6 cm³/mol. The van der Waals surface area contributed by atoms with Gasteiger partial charge in [-0.2, -0.15) is 13.2 Å². The number of hydrogen-bond acceptors (Lipinski definition) is 3. The molecule has 130 valence electrons. The van der Waals surface area contributed by atoms with Crippen molar-refractivity contribution in [2.24, 2.45) is 0 Å². The molecular formula is C18H10ClF3N4. The largest absolute Gasteiger partial charge is 0.416 e. The lowest BCUT2D eigenvalue weighted by Gasteiger charge is -2.05. The number of hydrogen-bond donors (Lipinski definition) is 1. The number of rotatable bonds is 2. The van der Waals surface area contributed by atoms with Crippen molar-refractivity contribution in [1.82, 2.24) is 19.9 Å². The molecule has 0 spiro atoms. The molecule has 0 atom stereocenters. The molecule has 1 N–H and O–H groups in total. The van der Waals surface area contributed by atoms with Gasteiger partial charge >= 0.3 is 6.18 Å². The molecule has 0 aliphatic heterocycles. The van der Waals surface area contributed by atoms with Crippen molar-refractivity contribution in [2.45, 2.75) is 6.18 Å². The molecule has 1 aromatic carbocycles. The molecule has 0 aliphatic rings. The first-order valence-corrected chi connectivity index (χ1v) is 7.94. The van der Waals surface area contributed by atoms with Crippen LogP contribution >= 0.6 is 11.6 Å². The van der Waals surface area contributed by atoms with Crippen molar-refractivity contribution in [3.05, 3.63) is 65.4 Å². The zero-order valence-corrected chi connectivity index (χ0v) is 13.8. The van der Waals surface area contributed by atoms with E-state index in [1.54, 1.807) is 36.7 Å². The molecule has 0 saturated carbocycles. The number of halogens is 4. The van der Waals surface area contributed by atoms with Crippen molar-refractivity contribution >= 4 is 22.6 Å². The summed E-state index contributed by atoms with van der Waals surface area (Å²) >= 11 is 6.12. The van der Waals surface area contributed by atoms with Gasteiger partial charge in [-0.15, -0.1) is 0 Å². The van der Waals surface area contributed by atoms with Crippen LogP contribution in [-0.4, -0.2) is 19.9 Å². The first-order chi connectivity index (χ1) is 12.4. The fraction of sp³-hybridized carbons (Fsp3) is 0.0556. The minimum Gasteiger partial charge on any atom is -0.337 e. The van der Waals surface area contributed by atoms with Gasteiger partial charge in [-0.3, -0.25) is 9.97 Å². The van der Waals surface area contributed by atoms with Crippen LogP contribution in [0.15, 0.2) is 54.9 Å². The minimum atomic E-state index is -4.40. The Labute approximate surface area is 150 Å². The second-order valence-corrected chi connectivity index (χ2v) is 5.99. The summed E-state index contributed by atoms with van der Waals surface area (Å²) in [5.41, 5.74) is 1.85. The lowest BCUT2D eigenvalue weighted by molar-refractivity contribution is -0.137. The SMILES string of the molecule is FC(F)(F)c1ccc2nc(-c3ccc(-c4ncccc4Cl)cn3)[nH]c2c1. The molecule has 8 heteroatoms. The summed E-state index contributed by atoms with van der Waals surface area (Å²) < 4.78 is 38.5. The summed E-state index contributed by atoms with van der Waals surface area (Å²) in [5.74, 6) is 0.387. The first kappa shape index (κ1) is 16.5. The second-order valence-electron chi connectivity index (χ2n) is 5.58. The zero-order chi connectivity index (χ0) is 18.3. The first-order valence-electron chi connectivity index (χ1n) is 7.56. The molecule has 0 radical (unpaired) electrons. The average molecular weight is 375 g/mol. The molecule has 3 heterocycles. The van der Waals surface area contributed by atoms with Crippen molar-refractivity contribution < 1.29 is 13.2 Å². The third-order valence-electron chi connectivity index (χ3n) is 3.85. The Kier molecular flexibility index (Phi) is 3.88. The molecule has 4 nitrogen and oxygen atoms in total. The highest BCUT2D eigenvalue weighted by Gasteiger charge is 2.30. The topological polar surface area (TPSA) is 54.5 Å². The Balaban J connectivity index is 1.70. The predicted octanol–water partition coefficient (Wildman–Crippen LogP) is 5.36. The summed E-state index contributed by atoms with van der Waals surface area (Å²) in [6.07, 6.45) is -1.17. The number of H-pyrrole nitrogens is 1. The Morgan fingerprint density at radius 3 is 2.54 bits per heavy atom. The van der Waals surface area contributed by atoms with E-state index in [-0.39, 0.29) is 0 Å². The van der Waals surface area contributed by atoms with Crippen LogP contribution in [0.3, 0.4) is 0 Å². The number of aromatic nitrogens is 4. The molecule has 0 amide bonds. The molecule has 0 unspecified atom stereocenters. The summed E-state index contributed by atoms with van der Waals surface area (Å²) in [6, 6.07) is 10.3. The van der Waals surface area contributed by atoms with Crippen molar-refractivity contribution in [3.8, 4) is 22.8 Å². The number of benzene rings is 1. The van der Waals surface area contributed by atoms with Crippen LogP contribution in [-0.2, 0) is 6.18 Å². The zero-order valence-electron chi connectivity index (χ0n) is 13.0. The maximum atomic E-state index is 12.8. The number of alkyl halides is 3. The molecule has 4 rings (SSSR count). The Hall–Kier alpha value is -2.93. The van der Waals surface area contributed by atoms with E-state index >= 15 is 0 Å². The Morgan fingerprint density at radius 1 is 1.00 bits per heavy atom. The number of nitrogens with zero attached hydrogens (tertiary/aromatic N) is 3. The Bertz CT molecular complexity index is 1090. The van der Waals surface area contributed by atoms with Gasteiger partial charge in [0.15, 0.2) is 5.82 Å². The number of nitrogens with one attached hydrogen (secondary N) is 1. The smallest absolute Gasteiger partial charge is 0.337 e. The van der Waals surface area contributed by atoms with Gasteiger partial charge in [0.1, 0.15) is 5.69 Å². The van der Waals surface area contributed by atoms with Crippen LogP contribution in [0, 0.1) is 0 Å². The van der Waals surface area contributed by atoms with E-state index in [9.17, 15) is 13.2 Å². The van der Waals surface area contributed by atoms with E-state index in [0.717, 1.165) is 17.7 Å². The summed E-state index contributed by atoms with van der Waals surface area (Å²) in [5, 5.41) is 0.505. The van der Waals surface area contributed by atoms with Gasteiger partial charge in [0.2, 0.25) is 0 Å². The average Bonchev–Trinajstić information content (AvgIpc) is 3.05. The molecular weight excluding hydrogens is 365 g/mol. The summed E-state index contributed by atoms with van der Waals surface area (Å²) in [4.78, 5) is 15.7. The number of aromatic amines is 1. The highest BCUT2D eigenvalue weighted by atomic mass is 35.5. The van der Waals surface area contributed by atoms with E-state index in [1.807, 2.05) is 0 Å². The highest BCUT2D eigenvalue weighted by molar-refractivity contribution is 6.33. The highest BCUT2D eigenvalue weighted by Crippen LogP contribution is 2.32. The molecule has 0 fully saturated rings. The fourth-order valence-electron chi connectivity index (χ4n) is 2.58. The van der Waals surface area contributed by atoms with Gasteiger partial charge in [-0.1, -0.05) is 11.6 Å². The minimum absolute atomic E-state index is 0.300. The maximum absolute atomic E-state index is 12.8. The van der Waals surface area contributed by atoms with Gasteiger partial charge in [-0.05, 0) is 42.5 Å².